The maximum Gasteiger partial charge on any atom is 0.435 e. The summed E-state index contributed by atoms with van der Waals surface area (Å²) in [7, 11) is -4.43. The number of carbonyl (C=O) groups is 1. The van der Waals surface area contributed by atoms with Crippen molar-refractivity contribution in [3.8, 4) is 6.07 Å². The molecule has 1 amide bonds. The van der Waals surface area contributed by atoms with Gasteiger partial charge >= 0.3 is 18.0 Å². The fraction of sp³-hybridized carbons (Fsp3) is 0.300. The van der Waals surface area contributed by atoms with Crippen molar-refractivity contribution in [2.24, 2.45) is 0 Å². The standard InChI is InChI=1S/C20H14F8N2O4S/c1-17(32,10-35(33,34)14-6-3-12(21)4-7-14)16(31)30-13-5-2-11(9-29)15(8-13)18(22,19(23,24)25)20(26,27)28/h2-8,32H,10H2,1H3,(H,30,31). The van der Waals surface area contributed by atoms with Gasteiger partial charge in [0.25, 0.3) is 5.91 Å². The summed E-state index contributed by atoms with van der Waals surface area (Å²) >= 11 is 0. The molecule has 2 rings (SSSR count). The minimum Gasteiger partial charge on any atom is -0.379 e. The van der Waals surface area contributed by atoms with Crippen LogP contribution >= 0.6 is 0 Å². The highest BCUT2D eigenvalue weighted by Gasteiger charge is 2.74. The van der Waals surface area contributed by atoms with E-state index >= 15 is 0 Å². The molecule has 0 radical (unpaired) electrons. The first-order valence-electron chi connectivity index (χ1n) is 9.15. The summed E-state index contributed by atoms with van der Waals surface area (Å²) < 4.78 is 131. The fourth-order valence-corrected chi connectivity index (χ4v) is 4.49. The molecule has 0 heterocycles. The summed E-state index contributed by atoms with van der Waals surface area (Å²) in [6.07, 6.45) is -13.1. The summed E-state index contributed by atoms with van der Waals surface area (Å²) in [6, 6.07) is 5.16. The molecule has 15 heteroatoms. The Hall–Kier alpha value is -3.25. The minimum absolute atomic E-state index is 0.0953. The number of nitriles is 1. The number of nitrogens with zero attached hydrogens (tertiary/aromatic N) is 1. The third-order valence-corrected chi connectivity index (χ3v) is 6.62. The molecule has 0 saturated heterocycles. The predicted molar refractivity (Wildman–Crippen MR) is 104 cm³/mol. The van der Waals surface area contributed by atoms with E-state index < -0.39 is 72.6 Å². The van der Waals surface area contributed by atoms with Crippen LogP contribution in [-0.2, 0) is 20.3 Å². The second kappa shape index (κ2) is 9.08. The van der Waals surface area contributed by atoms with Gasteiger partial charge in [-0.15, -0.1) is 0 Å². The number of alkyl halides is 7. The van der Waals surface area contributed by atoms with Crippen molar-refractivity contribution in [2.45, 2.75) is 35.4 Å². The van der Waals surface area contributed by atoms with E-state index in [0.717, 1.165) is 30.3 Å². The summed E-state index contributed by atoms with van der Waals surface area (Å²) in [6.45, 7) is 0.679. The first-order valence-corrected chi connectivity index (χ1v) is 10.8. The van der Waals surface area contributed by atoms with Crippen LogP contribution in [0.25, 0.3) is 0 Å². The number of sulfone groups is 1. The summed E-state index contributed by atoms with van der Waals surface area (Å²) in [5, 5.41) is 20.9. The van der Waals surface area contributed by atoms with E-state index in [1.807, 2.05) is 0 Å². The second-order valence-corrected chi connectivity index (χ2v) is 9.46. The van der Waals surface area contributed by atoms with Crippen molar-refractivity contribution < 1.29 is 53.4 Å². The molecule has 2 aromatic carbocycles. The molecule has 6 nitrogen and oxygen atoms in total. The lowest BCUT2D eigenvalue weighted by Crippen LogP contribution is -2.51. The fourth-order valence-electron chi connectivity index (χ4n) is 2.90. The average molecular weight is 530 g/mol. The molecule has 2 N–H and O–H groups in total. The molecule has 0 aromatic heterocycles. The molecular formula is C20H14F8N2O4S. The molecule has 0 aliphatic heterocycles. The zero-order valence-corrected chi connectivity index (χ0v) is 18.1. The van der Waals surface area contributed by atoms with Crippen LogP contribution in [0.3, 0.4) is 0 Å². The van der Waals surface area contributed by atoms with Crippen LogP contribution < -0.4 is 5.32 Å². The lowest BCUT2D eigenvalue weighted by molar-refractivity contribution is -0.348. The van der Waals surface area contributed by atoms with Crippen LogP contribution in [0.1, 0.15) is 18.1 Å². The molecule has 2 aromatic rings. The van der Waals surface area contributed by atoms with E-state index in [2.05, 4.69) is 0 Å². The highest BCUT2D eigenvalue weighted by Crippen LogP contribution is 2.54. The zero-order valence-electron chi connectivity index (χ0n) is 17.3. The number of hydrogen-bond acceptors (Lipinski definition) is 5. The number of anilines is 1. The molecule has 0 aliphatic carbocycles. The Labute approximate surface area is 192 Å². The van der Waals surface area contributed by atoms with Gasteiger partial charge in [-0.05, 0) is 49.4 Å². The van der Waals surface area contributed by atoms with Gasteiger partial charge < -0.3 is 10.4 Å². The number of carbonyl (C=O) groups excluding carboxylic acids is 1. The Morgan fingerprint density at radius 3 is 1.97 bits per heavy atom. The van der Waals surface area contributed by atoms with Crippen molar-refractivity contribution in [2.75, 3.05) is 11.1 Å². The molecule has 0 fully saturated rings. The third kappa shape index (κ3) is 5.54. The lowest BCUT2D eigenvalue weighted by Gasteiger charge is -2.31. The Morgan fingerprint density at radius 2 is 1.51 bits per heavy atom. The van der Waals surface area contributed by atoms with Crippen LogP contribution in [0.2, 0.25) is 0 Å². The first kappa shape index (κ1) is 28.0. The maximum atomic E-state index is 14.5. The Bertz CT molecular complexity index is 1250. The van der Waals surface area contributed by atoms with E-state index in [1.54, 1.807) is 5.32 Å². The number of aliphatic hydroxyl groups is 1. The maximum absolute atomic E-state index is 14.5. The van der Waals surface area contributed by atoms with Gasteiger partial charge in [-0.25, -0.2) is 17.2 Å². The van der Waals surface area contributed by atoms with Crippen molar-refractivity contribution >= 4 is 21.4 Å². The molecule has 1 unspecified atom stereocenters. The van der Waals surface area contributed by atoms with Gasteiger partial charge in [-0.2, -0.15) is 31.6 Å². The predicted octanol–water partition coefficient (Wildman–Crippen LogP) is 4.15. The topological polar surface area (TPSA) is 107 Å². The third-order valence-electron chi connectivity index (χ3n) is 4.68. The van der Waals surface area contributed by atoms with Crippen molar-refractivity contribution in [3.63, 3.8) is 0 Å². The Morgan fingerprint density at radius 1 is 1.00 bits per heavy atom. The van der Waals surface area contributed by atoms with Crippen molar-refractivity contribution in [1.82, 2.24) is 0 Å². The highest BCUT2D eigenvalue weighted by molar-refractivity contribution is 7.91. The van der Waals surface area contributed by atoms with E-state index in [1.165, 1.54) is 0 Å². The SMILES string of the molecule is CC(O)(CS(=O)(=O)c1ccc(F)cc1)C(=O)Nc1ccc(C#N)c(C(F)(C(F)(F)F)C(F)(F)F)c1. The molecule has 0 spiro atoms. The normalized spacial score (nSPS) is 14.7. The van der Waals surface area contributed by atoms with Gasteiger partial charge in [0.1, 0.15) is 5.82 Å². The van der Waals surface area contributed by atoms with Gasteiger partial charge in [0.05, 0.1) is 22.3 Å². The van der Waals surface area contributed by atoms with Crippen LogP contribution in [0, 0.1) is 17.1 Å². The van der Waals surface area contributed by atoms with E-state index in [9.17, 15) is 53.4 Å². The zero-order chi connectivity index (χ0) is 27.0. The van der Waals surface area contributed by atoms with Gasteiger partial charge in [0.2, 0.25) is 0 Å². The number of benzene rings is 2. The van der Waals surface area contributed by atoms with Crippen molar-refractivity contribution in [3.05, 3.63) is 59.4 Å². The van der Waals surface area contributed by atoms with Crippen LogP contribution in [0.5, 0.6) is 0 Å². The van der Waals surface area contributed by atoms with Crippen LogP contribution in [0.4, 0.5) is 40.8 Å². The Kier molecular flexibility index (Phi) is 7.26. The van der Waals surface area contributed by atoms with Gasteiger partial charge in [0.15, 0.2) is 15.4 Å². The van der Waals surface area contributed by atoms with Crippen LogP contribution in [0.15, 0.2) is 47.4 Å². The van der Waals surface area contributed by atoms with Gasteiger partial charge in [-0.3, -0.25) is 4.79 Å². The largest absolute Gasteiger partial charge is 0.435 e. The lowest BCUT2D eigenvalue weighted by atomic mass is 9.89. The van der Waals surface area contributed by atoms with Crippen molar-refractivity contribution in [1.29, 1.82) is 5.26 Å². The number of halogens is 8. The van der Waals surface area contributed by atoms with Gasteiger partial charge in [-0.1, -0.05) is 0 Å². The average Bonchev–Trinajstić information content (AvgIpc) is 2.71. The van der Waals surface area contributed by atoms with E-state index in [4.69, 9.17) is 5.26 Å². The van der Waals surface area contributed by atoms with E-state index in [0.29, 0.717) is 19.1 Å². The quantitative estimate of drug-likeness (QED) is 0.431. The monoisotopic (exact) mass is 530 g/mol. The molecular weight excluding hydrogens is 516 g/mol. The minimum atomic E-state index is -6.55. The molecule has 35 heavy (non-hydrogen) atoms. The summed E-state index contributed by atoms with van der Waals surface area (Å²) in [4.78, 5) is 11.9. The second-order valence-electron chi connectivity index (χ2n) is 7.47. The smallest absolute Gasteiger partial charge is 0.379 e. The molecule has 0 bridgehead atoms. The molecule has 0 aliphatic rings. The van der Waals surface area contributed by atoms with E-state index in [-0.39, 0.29) is 6.07 Å². The summed E-state index contributed by atoms with van der Waals surface area (Å²) in [5.74, 6) is -3.70. The number of rotatable bonds is 6. The van der Waals surface area contributed by atoms with Crippen LogP contribution in [-0.4, -0.2) is 43.1 Å². The molecule has 190 valence electrons. The number of nitrogens with one attached hydrogen (secondary N) is 1. The molecule has 0 saturated carbocycles. The highest BCUT2D eigenvalue weighted by atomic mass is 32.2. The van der Waals surface area contributed by atoms with Gasteiger partial charge in [0, 0.05) is 11.3 Å². The number of hydrogen-bond donors (Lipinski definition) is 2. The molecule has 1 atom stereocenters. The Balaban J connectivity index is 2.44. The first-order chi connectivity index (χ1) is 15.8. The summed E-state index contributed by atoms with van der Waals surface area (Å²) in [5.41, 5.74) is -13.2. The number of amides is 1.